The molecule has 0 rings (SSSR count). The molecule has 0 amide bonds. The van der Waals surface area contributed by atoms with Crippen LogP contribution in [0.15, 0.2) is 0 Å². The lowest BCUT2D eigenvalue weighted by atomic mass is 10.3. The van der Waals surface area contributed by atoms with Gasteiger partial charge in [0.15, 0.2) is 0 Å². The van der Waals surface area contributed by atoms with Crippen molar-refractivity contribution in [2.45, 2.75) is 75.0 Å². The normalized spacial score (nSPS) is 11.6. The zero-order chi connectivity index (χ0) is 9.98. The summed E-state index contributed by atoms with van der Waals surface area (Å²) in [6.45, 7) is 8.32. The summed E-state index contributed by atoms with van der Waals surface area (Å²) < 4.78 is 9.80. The Morgan fingerprint density at radius 2 is 0.933 bits per heavy atom. The quantitative estimate of drug-likeness (QED) is 0.685. The first-order chi connectivity index (χ1) is 5.62. The molecule has 2 atom stereocenters. The molecule has 0 aromatic carbocycles. The molecule has 0 radical (unpaired) electrons. The molecule has 0 saturated carbocycles. The summed E-state index contributed by atoms with van der Waals surface area (Å²) in [6, 6.07) is 0. The van der Waals surface area contributed by atoms with Crippen molar-refractivity contribution in [3.8, 4) is 0 Å². The van der Waals surface area contributed by atoms with E-state index in [0.717, 1.165) is 12.8 Å². The van der Waals surface area contributed by atoms with Gasteiger partial charge in [-0.05, 0) is 26.7 Å². The van der Waals surface area contributed by atoms with Gasteiger partial charge >= 0.3 is 0 Å². The third-order valence-electron chi connectivity index (χ3n) is 1.95. The first-order valence-electron chi connectivity index (χ1n) is 4.67. The summed E-state index contributed by atoms with van der Waals surface area (Å²) in [5.41, 5.74) is 0. The standard InChI is InChI=1S/2C5H12O.3CH4/c2*1-4-5(2)6-3;;;/h2*5H,4H2,1-3H3;3*1H4. The smallest absolute Gasteiger partial charge is 0.0540 e. The van der Waals surface area contributed by atoms with Crippen molar-refractivity contribution in [1.82, 2.24) is 0 Å². The SMILES string of the molecule is C.C.C.CCC(C)OC.CCC(C)OC. The van der Waals surface area contributed by atoms with Crippen molar-refractivity contribution in [2.75, 3.05) is 14.2 Å². The Hall–Kier alpha value is -0.0800. The van der Waals surface area contributed by atoms with Crippen molar-refractivity contribution in [3.63, 3.8) is 0 Å². The van der Waals surface area contributed by atoms with Crippen molar-refractivity contribution in [3.05, 3.63) is 0 Å². The van der Waals surface area contributed by atoms with Crippen molar-refractivity contribution >= 4 is 0 Å². The van der Waals surface area contributed by atoms with E-state index in [2.05, 4.69) is 27.7 Å². The maximum atomic E-state index is 4.90. The van der Waals surface area contributed by atoms with Gasteiger partial charge in [-0.1, -0.05) is 36.1 Å². The Morgan fingerprint density at radius 1 is 0.733 bits per heavy atom. The summed E-state index contributed by atoms with van der Waals surface area (Å²) in [5, 5.41) is 0. The molecule has 2 nitrogen and oxygen atoms in total. The summed E-state index contributed by atoms with van der Waals surface area (Å²) in [6.07, 6.45) is 3.09. The van der Waals surface area contributed by atoms with Crippen LogP contribution in [-0.2, 0) is 9.47 Å². The minimum absolute atomic E-state index is 0. The van der Waals surface area contributed by atoms with Crippen LogP contribution in [0.5, 0.6) is 0 Å². The third-order valence-corrected chi connectivity index (χ3v) is 1.95. The third kappa shape index (κ3) is 31.5. The van der Waals surface area contributed by atoms with Gasteiger partial charge in [-0.2, -0.15) is 0 Å². The zero-order valence-corrected chi connectivity index (χ0v) is 9.39. The molecule has 2 unspecified atom stereocenters. The van der Waals surface area contributed by atoms with Crippen LogP contribution < -0.4 is 0 Å². The number of rotatable bonds is 4. The highest BCUT2D eigenvalue weighted by Gasteiger charge is 1.88. The lowest BCUT2D eigenvalue weighted by Crippen LogP contribution is -2.00. The van der Waals surface area contributed by atoms with Gasteiger partial charge < -0.3 is 9.47 Å². The van der Waals surface area contributed by atoms with Crippen LogP contribution in [-0.4, -0.2) is 26.4 Å². The molecule has 0 heterocycles. The molecule has 0 aliphatic carbocycles. The summed E-state index contributed by atoms with van der Waals surface area (Å²) in [7, 11) is 3.46. The average molecular weight is 224 g/mol. The molecule has 15 heavy (non-hydrogen) atoms. The maximum Gasteiger partial charge on any atom is 0.0540 e. The highest BCUT2D eigenvalue weighted by atomic mass is 16.5. The molecule has 0 aliphatic rings. The van der Waals surface area contributed by atoms with Crippen LogP contribution in [0.2, 0.25) is 0 Å². The second kappa shape index (κ2) is 23.6. The van der Waals surface area contributed by atoms with Crippen molar-refractivity contribution < 1.29 is 9.47 Å². The van der Waals surface area contributed by atoms with Gasteiger partial charge in [-0.3, -0.25) is 0 Å². The number of methoxy groups -OCH3 is 2. The minimum Gasteiger partial charge on any atom is -0.382 e. The highest BCUT2D eigenvalue weighted by Crippen LogP contribution is 1.90. The highest BCUT2D eigenvalue weighted by molar-refractivity contribution is 4.39. The van der Waals surface area contributed by atoms with Gasteiger partial charge in [0.05, 0.1) is 12.2 Å². The van der Waals surface area contributed by atoms with Crippen LogP contribution in [0.25, 0.3) is 0 Å². The molecule has 0 spiro atoms. The molecule has 2 heteroatoms. The van der Waals surface area contributed by atoms with Crippen LogP contribution in [0.4, 0.5) is 0 Å². The van der Waals surface area contributed by atoms with Crippen LogP contribution in [0, 0.1) is 0 Å². The second-order valence-corrected chi connectivity index (χ2v) is 2.91. The molecule has 100 valence electrons. The van der Waals surface area contributed by atoms with Crippen LogP contribution >= 0.6 is 0 Å². The predicted octanol–water partition coefficient (Wildman–Crippen LogP) is 4.77. The molecule has 0 aromatic heterocycles. The molecule has 0 N–H and O–H groups in total. The Kier molecular flexibility index (Phi) is 46.2. The molecule has 0 aromatic rings. The summed E-state index contributed by atoms with van der Waals surface area (Å²) >= 11 is 0. The van der Waals surface area contributed by atoms with E-state index >= 15 is 0 Å². The fourth-order valence-electron chi connectivity index (χ4n) is 0.333. The largest absolute Gasteiger partial charge is 0.382 e. The number of hydrogen-bond acceptors (Lipinski definition) is 2. The average Bonchev–Trinajstić information content (AvgIpc) is 2.16. The Balaban J connectivity index is -0.0000000370. The molecule has 0 aliphatic heterocycles. The monoisotopic (exact) mass is 224 g/mol. The van der Waals surface area contributed by atoms with Gasteiger partial charge in [0, 0.05) is 14.2 Å². The summed E-state index contributed by atoms with van der Waals surface area (Å²) in [5.74, 6) is 0. The van der Waals surface area contributed by atoms with E-state index in [1.54, 1.807) is 14.2 Å². The molecule has 0 bridgehead atoms. The van der Waals surface area contributed by atoms with Gasteiger partial charge in [0.2, 0.25) is 0 Å². The lowest BCUT2D eigenvalue weighted by molar-refractivity contribution is 0.115. The van der Waals surface area contributed by atoms with E-state index in [9.17, 15) is 0 Å². The Morgan fingerprint density at radius 3 is 0.933 bits per heavy atom. The molecular weight excluding hydrogens is 188 g/mol. The van der Waals surface area contributed by atoms with E-state index in [-0.39, 0.29) is 22.3 Å². The van der Waals surface area contributed by atoms with Crippen LogP contribution in [0.3, 0.4) is 0 Å². The minimum atomic E-state index is 0. The van der Waals surface area contributed by atoms with E-state index < -0.39 is 0 Å². The second-order valence-electron chi connectivity index (χ2n) is 2.91. The predicted molar refractivity (Wildman–Crippen MR) is 73.7 cm³/mol. The Labute approximate surface area is 99.4 Å². The van der Waals surface area contributed by atoms with E-state index in [1.807, 2.05) is 0 Å². The van der Waals surface area contributed by atoms with Crippen molar-refractivity contribution in [2.24, 2.45) is 0 Å². The van der Waals surface area contributed by atoms with E-state index in [4.69, 9.17) is 9.47 Å². The van der Waals surface area contributed by atoms with Gasteiger partial charge in [-0.25, -0.2) is 0 Å². The number of ether oxygens (including phenoxy) is 2. The van der Waals surface area contributed by atoms with Crippen molar-refractivity contribution in [1.29, 1.82) is 0 Å². The first-order valence-corrected chi connectivity index (χ1v) is 4.67. The topological polar surface area (TPSA) is 18.5 Å². The lowest BCUT2D eigenvalue weighted by Gasteiger charge is -2.01. The number of hydrogen-bond donors (Lipinski definition) is 0. The first kappa shape index (κ1) is 29.4. The fraction of sp³-hybridized carbons (Fsp3) is 1.00. The van der Waals surface area contributed by atoms with Gasteiger partial charge in [0.25, 0.3) is 0 Å². The van der Waals surface area contributed by atoms with E-state index in [0.29, 0.717) is 12.2 Å². The summed E-state index contributed by atoms with van der Waals surface area (Å²) in [4.78, 5) is 0. The zero-order valence-electron chi connectivity index (χ0n) is 9.39. The molecule has 0 fully saturated rings. The fourth-order valence-corrected chi connectivity index (χ4v) is 0.333. The Bertz CT molecular complexity index is 56.9. The van der Waals surface area contributed by atoms with Crippen LogP contribution in [0.1, 0.15) is 62.8 Å². The molecular formula is C13H36O2. The van der Waals surface area contributed by atoms with Gasteiger partial charge in [0.1, 0.15) is 0 Å². The molecule has 0 saturated heterocycles. The maximum absolute atomic E-state index is 4.90. The van der Waals surface area contributed by atoms with Gasteiger partial charge in [-0.15, -0.1) is 0 Å². The van der Waals surface area contributed by atoms with E-state index in [1.165, 1.54) is 0 Å².